The zero-order chi connectivity index (χ0) is 13.8. The first-order valence-electron chi connectivity index (χ1n) is 6.85. The lowest BCUT2D eigenvalue weighted by molar-refractivity contribution is 1.72. The summed E-state index contributed by atoms with van der Waals surface area (Å²) in [5, 5.41) is 4.28. The fourth-order valence-electron chi connectivity index (χ4n) is 2.63. The number of halogens is 1. The Morgan fingerprint density at radius 3 is 0.952 bits per heavy atom. The second-order valence-electron chi connectivity index (χ2n) is 5.01. The van der Waals surface area contributed by atoms with Crippen LogP contribution in [0.1, 0.15) is 0 Å². The molecule has 0 radical (unpaired) electrons. The summed E-state index contributed by atoms with van der Waals surface area (Å²) < 4.78 is 0. The van der Waals surface area contributed by atoms with Crippen LogP contribution in [0.5, 0.6) is 0 Å². The van der Waals surface area contributed by atoms with Gasteiger partial charge in [-0.2, -0.15) is 0 Å². The third-order valence-corrected chi connectivity index (χ3v) is 7.81. The van der Waals surface area contributed by atoms with Crippen molar-refractivity contribution in [3.05, 3.63) is 91.0 Å². The molecule has 0 N–H and O–H groups in total. The van der Waals surface area contributed by atoms with Gasteiger partial charge in [0.25, 0.3) is 0 Å². The molecule has 0 aliphatic carbocycles. The van der Waals surface area contributed by atoms with Crippen molar-refractivity contribution in [3.8, 4) is 0 Å². The summed E-state index contributed by atoms with van der Waals surface area (Å²) in [5.74, 6) is 0. The molecule has 0 unspecified atom stereocenters. The van der Waals surface area contributed by atoms with Crippen molar-refractivity contribution >= 4 is 47.2 Å². The molecule has 0 amide bonds. The topological polar surface area (TPSA) is 0 Å². The third kappa shape index (κ3) is 3.20. The average Bonchev–Trinajstić information content (AvgIpc) is 2.56. The van der Waals surface area contributed by atoms with E-state index in [4.69, 9.17) is 0 Å². The largest absolute Gasteiger partial charge is 0.109 e. The maximum Gasteiger partial charge on any atom is 0.109 e. The fraction of sp³-hybridized carbons (Fsp3) is 0.0526. The highest BCUT2D eigenvalue weighted by Gasteiger charge is 2.39. The molecular formula is C19H19IP+. The van der Waals surface area contributed by atoms with Gasteiger partial charge in [-0.1, -0.05) is 54.6 Å². The highest BCUT2D eigenvalue weighted by atomic mass is 127. The number of hydrogen-bond acceptors (Lipinski definition) is 0. The third-order valence-electron chi connectivity index (χ3n) is 3.82. The molecule has 0 heterocycles. The maximum atomic E-state index is 2.41. The summed E-state index contributed by atoms with van der Waals surface area (Å²) in [6.45, 7) is 2.41. The van der Waals surface area contributed by atoms with Gasteiger partial charge in [0.05, 0.1) is 6.66 Å². The Morgan fingerprint density at radius 1 is 0.476 bits per heavy atom. The van der Waals surface area contributed by atoms with Crippen molar-refractivity contribution < 1.29 is 0 Å². The van der Waals surface area contributed by atoms with Gasteiger partial charge < -0.3 is 0 Å². The molecule has 0 atom stereocenters. The zero-order valence-corrected chi connectivity index (χ0v) is 15.2. The summed E-state index contributed by atoms with van der Waals surface area (Å²) in [4.78, 5) is 0. The molecule has 0 nitrogen and oxygen atoms in total. The highest BCUT2D eigenvalue weighted by Crippen LogP contribution is 2.51. The lowest BCUT2D eigenvalue weighted by atomic mass is 10.4. The summed E-state index contributed by atoms with van der Waals surface area (Å²) >= 11 is 0. The predicted octanol–water partition coefficient (Wildman–Crippen LogP) is 4.23. The molecule has 0 aliphatic heterocycles. The van der Waals surface area contributed by atoms with Crippen LogP contribution in [0.15, 0.2) is 91.0 Å². The minimum absolute atomic E-state index is 0. The molecule has 21 heavy (non-hydrogen) atoms. The van der Waals surface area contributed by atoms with Gasteiger partial charge in [-0.3, -0.25) is 0 Å². The second-order valence-corrected chi connectivity index (χ2v) is 8.57. The van der Waals surface area contributed by atoms with Crippen molar-refractivity contribution in [1.29, 1.82) is 0 Å². The number of rotatable bonds is 3. The molecule has 0 saturated heterocycles. The summed E-state index contributed by atoms with van der Waals surface area (Å²) in [7, 11) is -1.53. The van der Waals surface area contributed by atoms with Crippen molar-refractivity contribution in [2.75, 3.05) is 6.66 Å². The Hall–Kier alpha value is -1.18. The van der Waals surface area contributed by atoms with E-state index in [0.717, 1.165) is 0 Å². The predicted molar refractivity (Wildman–Crippen MR) is 106 cm³/mol. The molecule has 0 aromatic heterocycles. The van der Waals surface area contributed by atoms with Crippen LogP contribution < -0.4 is 15.9 Å². The zero-order valence-electron chi connectivity index (χ0n) is 12.0. The maximum absolute atomic E-state index is 2.41. The van der Waals surface area contributed by atoms with E-state index < -0.39 is 7.26 Å². The number of benzene rings is 3. The van der Waals surface area contributed by atoms with Gasteiger partial charge in [0, 0.05) is 0 Å². The van der Waals surface area contributed by atoms with E-state index in [2.05, 4.69) is 97.7 Å². The van der Waals surface area contributed by atoms with Gasteiger partial charge in [-0.25, -0.2) is 0 Å². The average molecular weight is 405 g/mol. The smallest absolute Gasteiger partial charge is 0.107 e. The molecule has 0 bridgehead atoms. The Bertz CT molecular complexity index is 569. The molecule has 3 rings (SSSR count). The van der Waals surface area contributed by atoms with Gasteiger partial charge in [0.2, 0.25) is 0 Å². The molecule has 0 spiro atoms. The Kier molecular flexibility index (Phi) is 5.55. The molecule has 2 heteroatoms. The lowest BCUT2D eigenvalue weighted by Gasteiger charge is -2.22. The Balaban J connectivity index is 0.00000161. The van der Waals surface area contributed by atoms with Crippen LogP contribution >= 0.6 is 31.2 Å². The minimum atomic E-state index is -1.53. The first kappa shape index (κ1) is 16.2. The lowest BCUT2D eigenvalue weighted by Crippen LogP contribution is -2.30. The summed E-state index contributed by atoms with van der Waals surface area (Å²) in [6.07, 6.45) is 0. The van der Waals surface area contributed by atoms with E-state index in [-0.39, 0.29) is 24.0 Å². The van der Waals surface area contributed by atoms with Gasteiger partial charge in [0.1, 0.15) is 23.2 Å². The van der Waals surface area contributed by atoms with E-state index in [1.807, 2.05) is 0 Å². The quantitative estimate of drug-likeness (QED) is 0.452. The first-order valence-corrected chi connectivity index (χ1v) is 9.09. The Labute approximate surface area is 144 Å². The van der Waals surface area contributed by atoms with Gasteiger partial charge in [-0.05, 0) is 36.4 Å². The number of hydrogen-bond donors (Lipinski definition) is 0. The van der Waals surface area contributed by atoms with Crippen LogP contribution in [0.3, 0.4) is 0 Å². The van der Waals surface area contributed by atoms with Crippen LogP contribution in [0.2, 0.25) is 0 Å². The highest BCUT2D eigenvalue weighted by molar-refractivity contribution is 14.0. The normalized spacial score (nSPS) is 10.7. The van der Waals surface area contributed by atoms with E-state index in [9.17, 15) is 0 Å². The van der Waals surface area contributed by atoms with Gasteiger partial charge >= 0.3 is 0 Å². The van der Waals surface area contributed by atoms with E-state index in [1.54, 1.807) is 0 Å². The SMILES string of the molecule is C[P+](c1ccccc1)(c1ccccc1)c1ccccc1.I. The van der Waals surface area contributed by atoms with Crippen LogP contribution in [0, 0.1) is 0 Å². The van der Waals surface area contributed by atoms with Crippen molar-refractivity contribution in [3.63, 3.8) is 0 Å². The summed E-state index contributed by atoms with van der Waals surface area (Å²) in [5.41, 5.74) is 0. The van der Waals surface area contributed by atoms with Crippen LogP contribution in [-0.4, -0.2) is 6.66 Å². The van der Waals surface area contributed by atoms with Crippen LogP contribution in [-0.2, 0) is 0 Å². The van der Waals surface area contributed by atoms with E-state index >= 15 is 0 Å². The van der Waals surface area contributed by atoms with Gasteiger partial charge in [0.15, 0.2) is 0 Å². The second kappa shape index (κ2) is 7.20. The molecule has 0 saturated carbocycles. The molecule has 3 aromatic rings. The van der Waals surface area contributed by atoms with E-state index in [1.165, 1.54) is 15.9 Å². The summed E-state index contributed by atoms with van der Waals surface area (Å²) in [6, 6.07) is 32.6. The van der Waals surface area contributed by atoms with Crippen molar-refractivity contribution in [2.45, 2.75) is 0 Å². The minimum Gasteiger partial charge on any atom is -0.107 e. The van der Waals surface area contributed by atoms with Crippen molar-refractivity contribution in [1.82, 2.24) is 0 Å². The molecule has 0 aliphatic rings. The monoisotopic (exact) mass is 405 g/mol. The van der Waals surface area contributed by atoms with Crippen molar-refractivity contribution in [2.24, 2.45) is 0 Å². The standard InChI is InChI=1S/C19H18P.HI/c1-20(17-11-5-2-6-12-17,18-13-7-3-8-14-18)19-15-9-4-10-16-19;/h2-16H,1H3;1H/q+1;. The molecule has 106 valence electrons. The molecule has 0 fully saturated rings. The van der Waals surface area contributed by atoms with E-state index in [0.29, 0.717) is 0 Å². The van der Waals surface area contributed by atoms with Crippen LogP contribution in [0.25, 0.3) is 0 Å². The fourth-order valence-corrected chi connectivity index (χ4v) is 5.83. The first-order chi connectivity index (χ1) is 9.82. The van der Waals surface area contributed by atoms with Crippen LogP contribution in [0.4, 0.5) is 0 Å². The molecule has 3 aromatic carbocycles. The Morgan fingerprint density at radius 2 is 0.714 bits per heavy atom. The molecular weight excluding hydrogens is 386 g/mol. The van der Waals surface area contributed by atoms with Gasteiger partial charge in [-0.15, -0.1) is 24.0 Å².